The van der Waals surface area contributed by atoms with E-state index in [2.05, 4.69) is 24.8 Å². The third-order valence-electron chi connectivity index (χ3n) is 11.8. The van der Waals surface area contributed by atoms with Crippen molar-refractivity contribution in [2.24, 2.45) is 5.41 Å². The lowest BCUT2D eigenvalue weighted by Crippen LogP contribution is -2.57. The van der Waals surface area contributed by atoms with Crippen molar-refractivity contribution in [2.75, 3.05) is 50.1 Å². The molecule has 8 rings (SSSR count). The zero-order valence-electron chi connectivity index (χ0n) is 30.3. The number of piperidine rings is 1. The Balaban J connectivity index is 1.22. The molecule has 1 saturated carbocycles. The zero-order valence-corrected chi connectivity index (χ0v) is 31.8. The van der Waals surface area contributed by atoms with Crippen LogP contribution in [0.3, 0.4) is 0 Å². The molecule has 10 nitrogen and oxygen atoms in total. The average molecular weight is 767 g/mol. The van der Waals surface area contributed by atoms with Crippen LogP contribution < -0.4 is 15.4 Å². The van der Waals surface area contributed by atoms with Crippen LogP contribution in [0.2, 0.25) is 5.02 Å². The van der Waals surface area contributed by atoms with Gasteiger partial charge in [-0.2, -0.15) is 15.2 Å². The van der Waals surface area contributed by atoms with Gasteiger partial charge in [-0.25, -0.2) is 8.78 Å². The van der Waals surface area contributed by atoms with E-state index in [1.54, 1.807) is 13.0 Å². The topological polar surface area (TPSA) is 130 Å². The van der Waals surface area contributed by atoms with Crippen LogP contribution >= 0.6 is 22.9 Å². The lowest BCUT2D eigenvalue weighted by atomic mass is 9.74. The van der Waals surface area contributed by atoms with Crippen LogP contribution in [-0.2, 0) is 9.47 Å². The number of hydrogen-bond donors (Lipinski definition) is 2. The van der Waals surface area contributed by atoms with Crippen LogP contribution in [-0.4, -0.2) is 89.3 Å². The normalized spacial score (nSPS) is 29.7. The van der Waals surface area contributed by atoms with E-state index in [1.807, 2.05) is 4.90 Å². The molecule has 0 spiro atoms. The number of nitrogens with two attached hydrogens (primary N) is 1. The molecule has 0 bridgehead atoms. The Bertz CT molecular complexity index is 2100. The van der Waals surface area contributed by atoms with Crippen molar-refractivity contribution >= 4 is 54.7 Å². The number of thiophene rings is 1. The third-order valence-corrected chi connectivity index (χ3v) is 13.1. The molecule has 282 valence electrons. The van der Waals surface area contributed by atoms with E-state index in [0.29, 0.717) is 43.0 Å². The lowest BCUT2D eigenvalue weighted by molar-refractivity contribution is -0.0967. The monoisotopic (exact) mass is 766 g/mol. The number of fused-ring (bicyclic) bond motifs is 3. The van der Waals surface area contributed by atoms with Gasteiger partial charge in [-0.15, -0.1) is 11.3 Å². The number of likely N-dealkylation sites (tertiary alicyclic amines) is 1. The number of nitrogen functional groups attached to an aromatic ring is 1. The highest BCUT2D eigenvalue weighted by molar-refractivity contribution is 7.23. The van der Waals surface area contributed by atoms with Gasteiger partial charge in [0.05, 0.1) is 53.9 Å². The van der Waals surface area contributed by atoms with E-state index in [9.17, 15) is 10.4 Å². The summed E-state index contributed by atoms with van der Waals surface area (Å²) in [5.74, 6) is -0.966. The largest absolute Gasteiger partial charge is 0.463 e. The van der Waals surface area contributed by atoms with E-state index in [1.165, 1.54) is 12.1 Å². The summed E-state index contributed by atoms with van der Waals surface area (Å²) in [5, 5.41) is 21.8. The molecule has 1 aliphatic carbocycles. The number of benzene rings is 2. The molecule has 6 atom stereocenters. The maximum atomic E-state index is 17.2. The Labute approximate surface area is 316 Å². The minimum atomic E-state index is -1.20. The predicted octanol–water partition coefficient (Wildman–Crippen LogP) is 7.45. The smallest absolute Gasteiger partial charge is 0.319 e. The number of anilines is 2. The first-order chi connectivity index (χ1) is 25.4. The summed E-state index contributed by atoms with van der Waals surface area (Å²) < 4.78 is 50.8. The first-order valence-corrected chi connectivity index (χ1v) is 19.8. The van der Waals surface area contributed by atoms with E-state index in [0.717, 1.165) is 62.8 Å². The standard InChI is InChI=1S/C39H45ClF2N6O4S/c1-21-14-23(15-22(2)52-21)48-11-5-10-39(9-4-6-29(39)48)20-51-37-45-33-25(36(46-37)47-12-13-50-19-38(3,49)18-47)16-27(40)31(32(33)42)24-7-8-28(41)34-30(24)26(17-43)35(44)53-34/h7-8,16,21-23,29,49H,4-6,9-15,18-20,44H2,1-3H3/t21-,22+,23?,29-,38+,39-/m1/s1. The van der Waals surface area contributed by atoms with Crippen LogP contribution in [0, 0.1) is 28.4 Å². The fourth-order valence-corrected chi connectivity index (χ4v) is 10.9. The Morgan fingerprint density at radius 2 is 1.94 bits per heavy atom. The minimum absolute atomic E-state index is 0.0247. The zero-order chi connectivity index (χ0) is 37.2. The summed E-state index contributed by atoms with van der Waals surface area (Å²) in [6, 6.07) is 7.11. The number of rotatable bonds is 6. The van der Waals surface area contributed by atoms with Gasteiger partial charge in [-0.1, -0.05) is 24.1 Å². The van der Waals surface area contributed by atoms with Crippen molar-refractivity contribution in [3.05, 3.63) is 40.4 Å². The van der Waals surface area contributed by atoms with Gasteiger partial charge in [0.25, 0.3) is 0 Å². The first kappa shape index (κ1) is 36.6. The van der Waals surface area contributed by atoms with E-state index in [4.69, 9.17) is 41.5 Å². The van der Waals surface area contributed by atoms with Crippen LogP contribution in [0.15, 0.2) is 18.2 Å². The molecule has 3 aliphatic heterocycles. The number of ether oxygens (including phenoxy) is 3. The van der Waals surface area contributed by atoms with Gasteiger partial charge in [0.15, 0.2) is 5.82 Å². The Kier molecular flexibility index (Phi) is 9.69. The second-order valence-electron chi connectivity index (χ2n) is 15.8. The maximum absolute atomic E-state index is 17.2. The van der Waals surface area contributed by atoms with Gasteiger partial charge in [-0.3, -0.25) is 4.90 Å². The molecule has 0 amide bonds. The quantitative estimate of drug-likeness (QED) is 0.204. The molecule has 14 heteroatoms. The Morgan fingerprint density at radius 3 is 2.72 bits per heavy atom. The minimum Gasteiger partial charge on any atom is -0.463 e. The molecule has 2 aromatic heterocycles. The number of hydrogen-bond acceptors (Lipinski definition) is 11. The summed E-state index contributed by atoms with van der Waals surface area (Å²) in [6.07, 6.45) is 7.76. The van der Waals surface area contributed by atoms with Crippen LogP contribution in [0.25, 0.3) is 32.1 Å². The fraction of sp³-hybridized carbons (Fsp3) is 0.564. The summed E-state index contributed by atoms with van der Waals surface area (Å²) in [5.41, 5.74) is 5.04. The molecular formula is C39H45ClF2N6O4S. The number of nitrogens with zero attached hydrogens (tertiary/aromatic N) is 5. The fourth-order valence-electron chi connectivity index (χ4n) is 9.63. The summed E-state index contributed by atoms with van der Waals surface area (Å²) in [6.45, 7) is 8.45. The van der Waals surface area contributed by atoms with E-state index >= 15 is 8.78 Å². The van der Waals surface area contributed by atoms with Crippen molar-refractivity contribution in [1.82, 2.24) is 14.9 Å². The molecular weight excluding hydrogens is 722 g/mol. The SMILES string of the molecule is C[C@@H]1CC(N2CCC[C@@]3(COc4nc(N5CCOC[C@@](C)(O)C5)c5cc(Cl)c(-c6ccc(F)c7sc(N)c(C#N)c67)c(F)c5n4)CCC[C@@H]23)C[C@H](C)O1. The van der Waals surface area contributed by atoms with E-state index in [-0.39, 0.29) is 79.1 Å². The summed E-state index contributed by atoms with van der Waals surface area (Å²) >= 11 is 7.84. The third kappa shape index (κ3) is 6.59. The predicted molar refractivity (Wildman–Crippen MR) is 203 cm³/mol. The molecule has 3 saturated heterocycles. The number of halogens is 3. The number of aliphatic hydroxyl groups is 1. The molecule has 0 radical (unpaired) electrons. The molecule has 3 N–H and O–H groups in total. The summed E-state index contributed by atoms with van der Waals surface area (Å²) in [4.78, 5) is 14.2. The number of nitriles is 1. The van der Waals surface area contributed by atoms with Crippen LogP contribution in [0.5, 0.6) is 6.01 Å². The van der Waals surface area contributed by atoms with Crippen LogP contribution in [0.1, 0.15) is 71.3 Å². The highest BCUT2D eigenvalue weighted by atomic mass is 35.5. The molecule has 53 heavy (non-hydrogen) atoms. The Hall–Kier alpha value is -3.38. The Morgan fingerprint density at radius 1 is 1.17 bits per heavy atom. The lowest BCUT2D eigenvalue weighted by Gasteiger charge is -2.51. The molecule has 2 aromatic carbocycles. The van der Waals surface area contributed by atoms with Gasteiger partial charge >= 0.3 is 6.01 Å². The van der Waals surface area contributed by atoms with Gasteiger partial charge in [0, 0.05) is 40.4 Å². The molecule has 4 fully saturated rings. The maximum Gasteiger partial charge on any atom is 0.319 e. The average Bonchev–Trinajstić information content (AvgIpc) is 3.64. The second-order valence-corrected chi connectivity index (χ2v) is 17.2. The van der Waals surface area contributed by atoms with Crippen LogP contribution in [0.4, 0.5) is 19.6 Å². The molecule has 4 aliphatic rings. The van der Waals surface area contributed by atoms with Gasteiger partial charge in [0.2, 0.25) is 0 Å². The van der Waals surface area contributed by atoms with Crippen molar-refractivity contribution in [3.8, 4) is 23.2 Å². The van der Waals surface area contributed by atoms with Crippen molar-refractivity contribution in [1.29, 1.82) is 5.26 Å². The highest BCUT2D eigenvalue weighted by Crippen LogP contribution is 2.50. The molecule has 1 unspecified atom stereocenters. The number of aromatic nitrogens is 2. The van der Waals surface area contributed by atoms with Crippen molar-refractivity contribution < 1.29 is 28.1 Å². The van der Waals surface area contributed by atoms with Crippen molar-refractivity contribution in [3.63, 3.8) is 0 Å². The summed E-state index contributed by atoms with van der Waals surface area (Å²) in [7, 11) is 0. The van der Waals surface area contributed by atoms with E-state index < -0.39 is 17.2 Å². The van der Waals surface area contributed by atoms with Gasteiger partial charge in [0.1, 0.15) is 33.8 Å². The highest BCUT2D eigenvalue weighted by Gasteiger charge is 2.51. The number of β-amino-alcohol motifs (C(OH)–C–C–N with tert-alkyl or cyclic N) is 1. The van der Waals surface area contributed by atoms with Gasteiger partial charge < -0.3 is 30.0 Å². The van der Waals surface area contributed by atoms with Crippen molar-refractivity contribution in [2.45, 2.75) is 95.6 Å². The molecule has 5 heterocycles. The first-order valence-electron chi connectivity index (χ1n) is 18.6. The second kappa shape index (κ2) is 14.0. The molecule has 4 aromatic rings. The van der Waals surface area contributed by atoms with Gasteiger partial charge in [-0.05, 0) is 83.5 Å².